The molecule has 0 spiro atoms. The third-order valence-electron chi connectivity index (χ3n) is 16.4. The average molecular weight is 1780 g/mol. The Balaban J connectivity index is 1.26. The van der Waals surface area contributed by atoms with Gasteiger partial charge in [0, 0.05) is 90.9 Å². The molecule has 0 saturated heterocycles. The molecule has 8 aromatic rings. The highest BCUT2D eigenvalue weighted by Crippen LogP contribution is 2.30. The van der Waals surface area contributed by atoms with Crippen LogP contribution in [0.4, 0.5) is 34.1 Å². The van der Waals surface area contributed by atoms with Gasteiger partial charge in [-0.05, 0) is 133 Å². The lowest BCUT2D eigenvalue weighted by Gasteiger charge is -2.24. The zero-order chi connectivity index (χ0) is 88.2. The van der Waals surface area contributed by atoms with Gasteiger partial charge in [-0.3, -0.25) is 71.5 Å². The fourth-order valence-electron chi connectivity index (χ4n) is 10.8. The van der Waals surface area contributed by atoms with Crippen molar-refractivity contribution in [3.05, 3.63) is 178 Å². The van der Waals surface area contributed by atoms with E-state index in [0.717, 1.165) is 84.0 Å². The van der Waals surface area contributed by atoms with Crippen molar-refractivity contribution in [2.24, 2.45) is 30.0 Å². The van der Waals surface area contributed by atoms with Gasteiger partial charge in [0.05, 0.1) is 53.7 Å². The van der Waals surface area contributed by atoms with Gasteiger partial charge in [-0.15, -0.1) is 0 Å². The van der Waals surface area contributed by atoms with Crippen molar-refractivity contribution in [3.8, 4) is 0 Å². The summed E-state index contributed by atoms with van der Waals surface area (Å²) in [6.07, 6.45) is -1.75. The Morgan fingerprint density at radius 1 is 0.300 bits per heavy atom. The molecule has 0 fully saturated rings. The largest absolute Gasteiger partial charge is 0.862 e. The molecule has 22 N–H and O–H groups in total. The summed E-state index contributed by atoms with van der Waals surface area (Å²) in [5.74, 6) is -7.40. The normalized spacial score (nSPS) is 13.2. The number of rotatable bonds is 42. The summed E-state index contributed by atoms with van der Waals surface area (Å²) in [5.41, 5.74) is -3.71. The monoisotopic (exact) mass is 1770 g/mol. The number of hydrogen-bond donors (Lipinski definition) is 22. The molecule has 0 saturated carbocycles. The second-order valence-electron chi connectivity index (χ2n) is 25.4. The lowest BCUT2D eigenvalue weighted by Crippen LogP contribution is -2.37. The molecule has 120 heavy (non-hydrogen) atoms. The molecule has 0 bridgehead atoms. The van der Waals surface area contributed by atoms with Gasteiger partial charge in [0.2, 0.25) is 73.8 Å². The van der Waals surface area contributed by atoms with Gasteiger partial charge in [0.25, 0.3) is 20.2 Å². The minimum Gasteiger partial charge on any atom is -0.862 e. The van der Waals surface area contributed by atoms with Crippen molar-refractivity contribution in [2.45, 2.75) is 80.7 Å². The quantitative estimate of drug-likeness (QED) is 0.0113. The zero-order valence-electron chi connectivity index (χ0n) is 62.4. The van der Waals surface area contributed by atoms with Crippen molar-refractivity contribution >= 4 is 154 Å². The molecule has 0 unspecified atom stereocenters. The Morgan fingerprint density at radius 3 is 0.675 bits per heavy atom. The highest BCUT2D eigenvalue weighted by Gasteiger charge is 2.30. The van der Waals surface area contributed by atoms with E-state index in [1.54, 1.807) is 0 Å². The molecule has 52 heteroatoms. The maximum Gasteiger partial charge on any atom is 0.295 e. The molecule has 46 nitrogen and oxygen atoms in total. The third kappa shape index (κ3) is 26.8. The number of aromatic amines is 6. The molecular formula is C68H78N24O22S6-2. The number of nitrogens with one attached hydrogen (secondary N) is 14. The van der Waals surface area contributed by atoms with Crippen molar-refractivity contribution in [1.82, 2.24) is 47.1 Å². The number of benzene rings is 6. The summed E-state index contributed by atoms with van der Waals surface area (Å²) in [4.78, 5) is 40.1. The average Bonchev–Trinajstić information content (AvgIpc) is 0.793. The Kier molecular flexibility index (Phi) is 30.9. The molecule has 2 heterocycles. The number of aliphatic hydroxyl groups excluding tert-OH is 6. The molecule has 0 atom stereocenters. The van der Waals surface area contributed by atoms with Crippen LogP contribution in [-0.2, 0) is 60.3 Å². The number of sulfonamides is 4. The van der Waals surface area contributed by atoms with Crippen molar-refractivity contribution < 1.29 is 100 Å². The van der Waals surface area contributed by atoms with Crippen molar-refractivity contribution in [1.29, 1.82) is 43.3 Å². The molecule has 0 aliphatic carbocycles. The van der Waals surface area contributed by atoms with Crippen LogP contribution in [0.3, 0.4) is 0 Å². The summed E-state index contributed by atoms with van der Waals surface area (Å²) in [5, 5.41) is 140. The summed E-state index contributed by atoms with van der Waals surface area (Å²) < 4.78 is 190. The van der Waals surface area contributed by atoms with E-state index in [-0.39, 0.29) is 79.0 Å². The van der Waals surface area contributed by atoms with E-state index >= 15 is 0 Å². The third-order valence-corrected chi connectivity index (χ3v) is 25.8. The van der Waals surface area contributed by atoms with Crippen LogP contribution in [0.5, 0.6) is 0 Å². The molecule has 8 rings (SSSR count). The van der Waals surface area contributed by atoms with Gasteiger partial charge in [-0.1, -0.05) is 48.6 Å². The van der Waals surface area contributed by atoms with Crippen LogP contribution < -0.4 is 43.9 Å². The first kappa shape index (κ1) is 92.6. The first-order valence-corrected chi connectivity index (χ1v) is 43.4. The van der Waals surface area contributed by atoms with E-state index in [1.807, 2.05) is 0 Å². The molecule has 0 amide bonds. The number of aromatic nitrogens is 6. The van der Waals surface area contributed by atoms with Gasteiger partial charge < -0.3 is 51.7 Å². The standard InChI is InChI=1S/C68H80N24O22S6/c69-55(93)19-27-89(28-20-56(70)94)115(101,102)49-9-1-5-43(35-49)77-63-83-64(78-44-6-2-10-50(36-44)116(103,104)90(29-21-57(71)95)30-22-58(72)96)86-67(85-63)81-47-17-15-41(53(39-47)119(109,110)111)13-14-42-16-18-48(40-54(42)120(112,113)114)82-68-87-65(79-45-7-3-11-51(37-45)117(105,106)91(31-23-59(73)97)32-24-60(74)98)84-66(88-68)80-46-8-4-12-52(38-46)118(107,108)92(33-25-61(75)99)34-26-62(76)100/h1-18,35-40H,19-34H2,(H2,69,93)(H2,70,94)(H2,71,95)(H2,72,96)(H2,73,97)(H2,74,98)(H2,75,99)(H2,76,100)(H,109,110,111)(H,112,113,114)(H3,77,78,81,83,85,86)(H3,79,80,82,84,87,88)/p-2/b14-13+. The number of nitrogens with zero attached hydrogens (tertiary/aromatic N) is 10. The predicted molar refractivity (Wildman–Crippen MR) is 427 cm³/mol. The van der Waals surface area contributed by atoms with Crippen LogP contribution in [0.15, 0.2) is 193 Å². The maximum absolute atomic E-state index is 14.0. The van der Waals surface area contributed by atoms with Gasteiger partial charge in [0.15, 0.2) is 35.4 Å². The second-order valence-corrected chi connectivity index (χ2v) is 35.9. The Bertz CT molecular complexity index is 5820. The van der Waals surface area contributed by atoms with E-state index in [9.17, 15) is 100 Å². The van der Waals surface area contributed by atoms with Crippen LogP contribution in [0.25, 0.3) is 12.2 Å². The second kappa shape index (κ2) is 40.0. The van der Waals surface area contributed by atoms with E-state index in [0.29, 0.717) is 0 Å². The minimum absolute atomic E-state index is 0.107. The fraction of sp³-hybridized carbons (Fsp3) is 0.235. The molecule has 640 valence electrons. The first-order valence-electron chi connectivity index (χ1n) is 34.8. The van der Waals surface area contributed by atoms with Crippen LogP contribution in [0.1, 0.15) is 62.5 Å². The van der Waals surface area contributed by atoms with Crippen molar-refractivity contribution in [2.75, 3.05) is 52.4 Å². The number of H-pyrrole nitrogens is 6. The Morgan fingerprint density at radius 2 is 0.492 bits per heavy atom. The molecule has 0 aliphatic heterocycles. The highest BCUT2D eigenvalue weighted by atomic mass is 32.2. The van der Waals surface area contributed by atoms with Crippen LogP contribution in [0.2, 0.25) is 0 Å². The van der Waals surface area contributed by atoms with Crippen LogP contribution >= 0.6 is 0 Å². The summed E-state index contributed by atoms with van der Waals surface area (Å²) >= 11 is 0. The molecular weight excluding hydrogens is 1700 g/mol. The molecule has 0 aliphatic rings. The van der Waals surface area contributed by atoms with Crippen molar-refractivity contribution in [3.63, 3.8) is 0 Å². The topological polar surface area (TPSA) is 785 Å². The summed E-state index contributed by atoms with van der Waals surface area (Å²) in [6, 6.07) is 25.9. The fourth-order valence-corrected chi connectivity index (χ4v) is 18.1. The molecule has 0 radical (unpaired) electrons. The minimum atomic E-state index is -5.30. The SMILES string of the molecule is N=C([O-])CCN(CCC(=N)[O-])S(=O)(=O)c1cccc(N=c2[nH]c(=Nc3cccc(S(=O)(=O)N(CCC(=N)O)CCC(=N)O)c3)[nH]c(=Nc3ccc(/C=C/c4ccc(N=c5[nH]c(=Nc6cccc(S(=O)(=O)N(CCC(=N)O)CCC(=N)O)c6)[nH]c(=Nc6cccc(S(=O)(=O)N(CCC(=N)O)CCC(=N)O)c6)[nH]5)cc4S(=O)(=O)O)c(S(=O)(=O)O)c3)[nH]2)c1. The van der Waals surface area contributed by atoms with Crippen LogP contribution in [-0.4, -0.2) is 237 Å². The van der Waals surface area contributed by atoms with E-state index < -0.39 is 241 Å². The Hall–Kier alpha value is -12.9. The van der Waals surface area contributed by atoms with Gasteiger partial charge >= 0.3 is 0 Å². The van der Waals surface area contributed by atoms with E-state index in [2.05, 4.69) is 59.9 Å². The smallest absolute Gasteiger partial charge is 0.295 e. The number of aliphatic hydroxyl groups is 6. The van der Waals surface area contributed by atoms with Gasteiger partial charge in [-0.2, -0.15) is 34.1 Å². The van der Waals surface area contributed by atoms with E-state index in [4.69, 9.17) is 43.3 Å². The molecule has 2 aromatic heterocycles. The lowest BCUT2D eigenvalue weighted by molar-refractivity contribution is -0.220. The summed E-state index contributed by atoms with van der Waals surface area (Å²) in [7, 11) is -28.8. The predicted octanol–water partition coefficient (Wildman–Crippen LogP) is 2.68. The maximum atomic E-state index is 14.0. The Labute approximate surface area is 681 Å². The van der Waals surface area contributed by atoms with E-state index in [1.165, 1.54) is 78.9 Å². The van der Waals surface area contributed by atoms with Gasteiger partial charge in [-0.25, -0.2) is 63.6 Å². The lowest BCUT2D eigenvalue weighted by atomic mass is 10.1. The highest BCUT2D eigenvalue weighted by molar-refractivity contribution is 7.90. The van der Waals surface area contributed by atoms with Crippen LogP contribution in [0, 0.1) is 43.3 Å². The first-order chi connectivity index (χ1) is 56.2. The van der Waals surface area contributed by atoms with Gasteiger partial charge in [0.1, 0.15) is 9.79 Å². The zero-order valence-corrected chi connectivity index (χ0v) is 67.3. The number of hydrogen-bond acceptors (Lipinski definition) is 28. The summed E-state index contributed by atoms with van der Waals surface area (Å²) in [6.45, 7) is -3.75. The molecule has 6 aromatic carbocycles.